The van der Waals surface area contributed by atoms with Crippen LogP contribution >= 0.6 is 0 Å². The fourth-order valence-electron chi connectivity index (χ4n) is 1.92. The van der Waals surface area contributed by atoms with Crippen LogP contribution in [0.4, 0.5) is 17.6 Å². The zero-order valence-corrected chi connectivity index (χ0v) is 8.72. The second kappa shape index (κ2) is 4.01. The van der Waals surface area contributed by atoms with E-state index in [9.17, 15) is 22.4 Å². The van der Waals surface area contributed by atoms with E-state index < -0.39 is 17.9 Å². The van der Waals surface area contributed by atoms with Gasteiger partial charge in [-0.2, -0.15) is 13.2 Å². The van der Waals surface area contributed by atoms with Gasteiger partial charge < -0.3 is 4.90 Å². The number of carbonyl (C=O) groups is 1. The first kappa shape index (κ1) is 11.9. The minimum Gasteiger partial charge on any atom is -0.330 e. The van der Waals surface area contributed by atoms with Gasteiger partial charge in [0.05, 0.1) is 0 Å². The molecule has 0 fully saturated rings. The van der Waals surface area contributed by atoms with Crippen LogP contribution in [0.5, 0.6) is 0 Å². The summed E-state index contributed by atoms with van der Waals surface area (Å²) < 4.78 is 50.0. The number of nitrogens with zero attached hydrogens (tertiary/aromatic N) is 1. The highest BCUT2D eigenvalue weighted by molar-refractivity contribution is 5.82. The molecule has 0 N–H and O–H groups in total. The van der Waals surface area contributed by atoms with Crippen molar-refractivity contribution in [1.82, 2.24) is 4.90 Å². The first-order valence-corrected chi connectivity index (χ1v) is 5.02. The molecule has 1 aliphatic rings. The van der Waals surface area contributed by atoms with E-state index in [2.05, 4.69) is 0 Å². The molecule has 1 aromatic rings. The van der Waals surface area contributed by atoms with Crippen molar-refractivity contribution in [3.63, 3.8) is 0 Å². The predicted molar refractivity (Wildman–Crippen MR) is 51.6 cm³/mol. The summed E-state index contributed by atoms with van der Waals surface area (Å²) in [6.45, 7) is -0.294. The Kier molecular flexibility index (Phi) is 2.81. The molecule has 0 saturated carbocycles. The van der Waals surface area contributed by atoms with E-state index in [0.29, 0.717) is 16.0 Å². The van der Waals surface area contributed by atoms with Crippen LogP contribution in [0.15, 0.2) is 18.2 Å². The number of carbonyl (C=O) groups excluding carboxylic acids is 1. The number of halogens is 4. The molecule has 17 heavy (non-hydrogen) atoms. The van der Waals surface area contributed by atoms with E-state index in [1.807, 2.05) is 0 Å². The van der Waals surface area contributed by atoms with Crippen LogP contribution < -0.4 is 0 Å². The van der Waals surface area contributed by atoms with Crippen LogP contribution in [0.1, 0.15) is 11.1 Å². The lowest BCUT2D eigenvalue weighted by Crippen LogP contribution is -2.43. The molecule has 1 amide bonds. The molecule has 1 heterocycles. The number of alkyl halides is 3. The summed E-state index contributed by atoms with van der Waals surface area (Å²) in [5.41, 5.74) is 0.840. The first-order chi connectivity index (χ1) is 7.89. The maximum Gasteiger partial charge on any atom is 0.471 e. The second-order valence-electron chi connectivity index (χ2n) is 3.85. The van der Waals surface area contributed by atoms with E-state index >= 15 is 0 Å². The Morgan fingerprint density at radius 3 is 2.65 bits per heavy atom. The van der Waals surface area contributed by atoms with Crippen molar-refractivity contribution < 1.29 is 22.4 Å². The van der Waals surface area contributed by atoms with Gasteiger partial charge in [0.2, 0.25) is 0 Å². The molecule has 1 aliphatic heterocycles. The van der Waals surface area contributed by atoms with Crippen molar-refractivity contribution in [3.8, 4) is 0 Å². The summed E-state index contributed by atoms with van der Waals surface area (Å²) in [6.07, 6.45) is -4.76. The minimum atomic E-state index is -4.87. The van der Waals surface area contributed by atoms with Gasteiger partial charge in [0, 0.05) is 13.1 Å². The van der Waals surface area contributed by atoms with Crippen molar-refractivity contribution in [2.45, 2.75) is 19.1 Å². The lowest BCUT2D eigenvalue weighted by Gasteiger charge is -2.29. The van der Waals surface area contributed by atoms with Crippen molar-refractivity contribution in [3.05, 3.63) is 35.1 Å². The Morgan fingerprint density at radius 2 is 2.00 bits per heavy atom. The molecule has 2 rings (SSSR count). The van der Waals surface area contributed by atoms with Gasteiger partial charge in [0.1, 0.15) is 5.82 Å². The highest BCUT2D eigenvalue weighted by Crippen LogP contribution is 2.25. The number of benzene rings is 1. The molecular formula is C11H9F4NO. The van der Waals surface area contributed by atoms with Crippen LogP contribution in [-0.4, -0.2) is 23.5 Å². The molecule has 1 aromatic carbocycles. The highest BCUT2D eigenvalue weighted by Gasteiger charge is 2.43. The number of rotatable bonds is 0. The van der Waals surface area contributed by atoms with Gasteiger partial charge in [0.25, 0.3) is 0 Å². The molecule has 2 nitrogen and oxygen atoms in total. The summed E-state index contributed by atoms with van der Waals surface area (Å²) >= 11 is 0. The largest absolute Gasteiger partial charge is 0.471 e. The predicted octanol–water partition coefficient (Wildman–Crippen LogP) is 2.27. The van der Waals surface area contributed by atoms with Crippen LogP contribution in [0.25, 0.3) is 0 Å². The van der Waals surface area contributed by atoms with Crippen LogP contribution in [0, 0.1) is 5.82 Å². The fraction of sp³-hybridized carbons (Fsp3) is 0.364. The van der Waals surface area contributed by atoms with Gasteiger partial charge in [0.15, 0.2) is 0 Å². The lowest BCUT2D eigenvalue weighted by atomic mass is 9.99. The van der Waals surface area contributed by atoms with Gasteiger partial charge in [-0.05, 0) is 23.6 Å². The maximum atomic E-state index is 13.3. The number of hydrogen-bond donors (Lipinski definition) is 0. The van der Waals surface area contributed by atoms with E-state index in [-0.39, 0.29) is 19.5 Å². The van der Waals surface area contributed by atoms with Crippen molar-refractivity contribution in [1.29, 1.82) is 0 Å². The molecule has 0 aliphatic carbocycles. The molecular weight excluding hydrogens is 238 g/mol. The van der Waals surface area contributed by atoms with Gasteiger partial charge >= 0.3 is 12.1 Å². The topological polar surface area (TPSA) is 20.3 Å². The van der Waals surface area contributed by atoms with Gasteiger partial charge in [-0.1, -0.05) is 12.1 Å². The molecule has 6 heteroatoms. The molecule has 0 atom stereocenters. The van der Waals surface area contributed by atoms with Crippen LogP contribution in [0.2, 0.25) is 0 Å². The second-order valence-corrected chi connectivity index (χ2v) is 3.85. The number of amides is 1. The average molecular weight is 247 g/mol. The third kappa shape index (κ3) is 2.25. The minimum absolute atomic E-state index is 0.105. The normalized spacial score (nSPS) is 15.6. The standard InChI is InChI=1S/C11H9F4NO/c12-9-3-1-2-7-6-16(5-4-8(7)9)10(17)11(13,14)15/h1-3H,4-6H2. The van der Waals surface area contributed by atoms with E-state index in [1.165, 1.54) is 18.2 Å². The fourth-order valence-corrected chi connectivity index (χ4v) is 1.92. The zero-order valence-electron chi connectivity index (χ0n) is 8.72. The van der Waals surface area contributed by atoms with Crippen LogP contribution in [0.3, 0.4) is 0 Å². The Bertz CT molecular complexity index is 455. The van der Waals surface area contributed by atoms with Crippen molar-refractivity contribution in [2.75, 3.05) is 6.54 Å². The molecule has 0 radical (unpaired) electrons. The first-order valence-electron chi connectivity index (χ1n) is 5.02. The van der Waals surface area contributed by atoms with E-state index in [0.717, 1.165) is 0 Å². The summed E-state index contributed by atoms with van der Waals surface area (Å²) in [5, 5.41) is 0. The van der Waals surface area contributed by atoms with Crippen LogP contribution in [-0.2, 0) is 17.8 Å². The van der Waals surface area contributed by atoms with Crippen molar-refractivity contribution in [2.24, 2.45) is 0 Å². The smallest absolute Gasteiger partial charge is 0.330 e. The molecule has 0 unspecified atom stereocenters. The number of hydrogen-bond acceptors (Lipinski definition) is 1. The Balaban J connectivity index is 2.23. The molecule has 0 bridgehead atoms. The average Bonchev–Trinajstić information content (AvgIpc) is 2.26. The third-order valence-electron chi connectivity index (χ3n) is 2.74. The summed E-state index contributed by atoms with van der Waals surface area (Å²) in [6, 6.07) is 4.23. The molecule has 0 aromatic heterocycles. The summed E-state index contributed by atoms with van der Waals surface area (Å²) in [5.74, 6) is -2.30. The van der Waals surface area contributed by atoms with E-state index in [4.69, 9.17) is 0 Å². The van der Waals surface area contributed by atoms with Gasteiger partial charge in [-0.3, -0.25) is 4.79 Å². The molecule has 0 saturated heterocycles. The van der Waals surface area contributed by atoms with Crippen molar-refractivity contribution >= 4 is 5.91 Å². The lowest BCUT2D eigenvalue weighted by molar-refractivity contribution is -0.186. The molecule has 0 spiro atoms. The maximum absolute atomic E-state index is 13.3. The Labute approximate surface area is 94.8 Å². The quantitative estimate of drug-likeness (QED) is 0.644. The van der Waals surface area contributed by atoms with E-state index in [1.54, 1.807) is 0 Å². The zero-order chi connectivity index (χ0) is 12.6. The SMILES string of the molecule is O=C(N1CCc2c(F)cccc2C1)C(F)(F)F. The Hall–Kier alpha value is -1.59. The third-order valence-corrected chi connectivity index (χ3v) is 2.74. The summed E-state index contributed by atoms with van der Waals surface area (Å²) in [7, 11) is 0. The number of fused-ring (bicyclic) bond motifs is 1. The van der Waals surface area contributed by atoms with Gasteiger partial charge in [-0.15, -0.1) is 0 Å². The highest BCUT2D eigenvalue weighted by atomic mass is 19.4. The molecule has 92 valence electrons. The monoisotopic (exact) mass is 247 g/mol. The summed E-state index contributed by atoms with van der Waals surface area (Å²) in [4.78, 5) is 11.7. The Morgan fingerprint density at radius 1 is 1.29 bits per heavy atom. The van der Waals surface area contributed by atoms with Gasteiger partial charge in [-0.25, -0.2) is 4.39 Å².